The van der Waals surface area contributed by atoms with Crippen molar-refractivity contribution >= 4 is 11.6 Å². The number of aromatic nitrogens is 2. The normalized spacial score (nSPS) is 10.4. The summed E-state index contributed by atoms with van der Waals surface area (Å²) < 4.78 is 0. The monoisotopic (exact) mass is 271 g/mol. The van der Waals surface area contributed by atoms with Gasteiger partial charge in [0, 0.05) is 12.1 Å². The number of rotatable bonds is 5. The van der Waals surface area contributed by atoms with Crippen molar-refractivity contribution in [3.05, 3.63) is 46.8 Å². The summed E-state index contributed by atoms with van der Waals surface area (Å²) in [6.45, 7) is 6.67. The van der Waals surface area contributed by atoms with Crippen LogP contribution < -0.4 is 16.6 Å². The molecular formula is C15H21N5. The molecule has 2 rings (SSSR count). The molecule has 4 N–H and O–H groups in total. The van der Waals surface area contributed by atoms with Crippen LogP contribution in [0.4, 0.5) is 11.6 Å². The topological polar surface area (TPSA) is 75.9 Å². The number of hydrogen-bond acceptors (Lipinski definition) is 5. The lowest BCUT2D eigenvalue weighted by Crippen LogP contribution is -2.14. The van der Waals surface area contributed by atoms with Crippen molar-refractivity contribution in [3.63, 3.8) is 0 Å². The van der Waals surface area contributed by atoms with Crippen LogP contribution in [0, 0.1) is 13.8 Å². The molecule has 1 heterocycles. The van der Waals surface area contributed by atoms with Crippen LogP contribution >= 0.6 is 0 Å². The summed E-state index contributed by atoms with van der Waals surface area (Å²) in [5.41, 5.74) is 6.09. The maximum Gasteiger partial charge on any atom is 0.148 e. The average Bonchev–Trinajstić information content (AvgIpc) is 2.48. The molecule has 0 spiro atoms. The van der Waals surface area contributed by atoms with Gasteiger partial charge in [0.15, 0.2) is 0 Å². The van der Waals surface area contributed by atoms with Gasteiger partial charge in [0.1, 0.15) is 17.5 Å². The third-order valence-corrected chi connectivity index (χ3v) is 3.29. The quantitative estimate of drug-likeness (QED) is 0.575. The third kappa shape index (κ3) is 3.24. The van der Waals surface area contributed by atoms with E-state index < -0.39 is 0 Å². The minimum Gasteiger partial charge on any atom is -0.366 e. The number of hydrazine groups is 1. The molecule has 106 valence electrons. The molecule has 0 saturated heterocycles. The molecule has 0 bridgehead atoms. The second kappa shape index (κ2) is 6.34. The zero-order valence-corrected chi connectivity index (χ0v) is 12.2. The summed E-state index contributed by atoms with van der Waals surface area (Å²) in [7, 11) is 0. The fourth-order valence-electron chi connectivity index (χ4n) is 2.02. The van der Waals surface area contributed by atoms with Gasteiger partial charge >= 0.3 is 0 Å². The Balaban J connectivity index is 2.11. The fraction of sp³-hybridized carbons (Fsp3) is 0.333. The van der Waals surface area contributed by atoms with Gasteiger partial charge in [0.25, 0.3) is 0 Å². The number of hydrogen-bond donors (Lipinski definition) is 3. The van der Waals surface area contributed by atoms with E-state index in [0.717, 1.165) is 24.3 Å². The first-order valence-corrected chi connectivity index (χ1v) is 6.77. The van der Waals surface area contributed by atoms with Crippen molar-refractivity contribution in [1.29, 1.82) is 0 Å². The standard InChI is InChI=1S/C15H21N5/c1-4-12-5-7-13(8-6-12)9-17-14-10(2)15(20-16)19-11(3)18-14/h5-8H,4,9,16H2,1-3H3,(H2,17,18,19,20). The van der Waals surface area contributed by atoms with E-state index in [2.05, 4.69) is 51.9 Å². The Hall–Kier alpha value is -2.14. The van der Waals surface area contributed by atoms with Crippen LogP contribution in [0.2, 0.25) is 0 Å². The number of benzene rings is 1. The Morgan fingerprint density at radius 2 is 1.60 bits per heavy atom. The number of nitrogens with two attached hydrogens (primary N) is 1. The maximum absolute atomic E-state index is 5.46. The largest absolute Gasteiger partial charge is 0.366 e. The van der Waals surface area contributed by atoms with Gasteiger partial charge in [-0.05, 0) is 31.4 Å². The van der Waals surface area contributed by atoms with Crippen molar-refractivity contribution in [2.24, 2.45) is 5.84 Å². The summed E-state index contributed by atoms with van der Waals surface area (Å²) in [5.74, 6) is 7.61. The van der Waals surface area contributed by atoms with Crippen LogP contribution in [0.15, 0.2) is 24.3 Å². The van der Waals surface area contributed by atoms with Crippen LogP contribution in [0.25, 0.3) is 0 Å². The zero-order chi connectivity index (χ0) is 14.5. The van der Waals surface area contributed by atoms with Gasteiger partial charge in [-0.15, -0.1) is 0 Å². The lowest BCUT2D eigenvalue weighted by molar-refractivity contribution is 0.996. The highest BCUT2D eigenvalue weighted by atomic mass is 15.3. The summed E-state index contributed by atoms with van der Waals surface area (Å²) in [6, 6.07) is 8.58. The van der Waals surface area contributed by atoms with Crippen LogP contribution in [0.3, 0.4) is 0 Å². The summed E-state index contributed by atoms with van der Waals surface area (Å²) in [5, 5.41) is 3.34. The first-order chi connectivity index (χ1) is 9.63. The second-order valence-electron chi connectivity index (χ2n) is 4.76. The molecule has 0 aliphatic heterocycles. The van der Waals surface area contributed by atoms with E-state index in [-0.39, 0.29) is 0 Å². The Morgan fingerprint density at radius 3 is 2.20 bits per heavy atom. The Morgan fingerprint density at radius 1 is 1.00 bits per heavy atom. The predicted octanol–water partition coefficient (Wildman–Crippen LogP) is 2.55. The van der Waals surface area contributed by atoms with Gasteiger partial charge in [0.05, 0.1) is 0 Å². The van der Waals surface area contributed by atoms with E-state index in [1.807, 2.05) is 13.8 Å². The first-order valence-electron chi connectivity index (χ1n) is 6.77. The summed E-state index contributed by atoms with van der Waals surface area (Å²) in [4.78, 5) is 8.65. The number of nitrogens with zero attached hydrogens (tertiary/aromatic N) is 2. The molecule has 0 amide bonds. The van der Waals surface area contributed by atoms with E-state index in [0.29, 0.717) is 11.6 Å². The lowest BCUT2D eigenvalue weighted by atomic mass is 10.1. The van der Waals surface area contributed by atoms with Gasteiger partial charge in [-0.3, -0.25) is 0 Å². The van der Waals surface area contributed by atoms with Crippen molar-refractivity contribution in [2.75, 3.05) is 10.7 Å². The molecule has 2 aromatic rings. The van der Waals surface area contributed by atoms with Gasteiger partial charge in [-0.1, -0.05) is 31.2 Å². The van der Waals surface area contributed by atoms with E-state index in [4.69, 9.17) is 5.84 Å². The molecule has 0 fully saturated rings. The highest BCUT2D eigenvalue weighted by Gasteiger charge is 2.07. The molecule has 0 atom stereocenters. The van der Waals surface area contributed by atoms with E-state index >= 15 is 0 Å². The van der Waals surface area contributed by atoms with Crippen molar-refractivity contribution in [1.82, 2.24) is 9.97 Å². The van der Waals surface area contributed by atoms with E-state index in [9.17, 15) is 0 Å². The summed E-state index contributed by atoms with van der Waals surface area (Å²) >= 11 is 0. The van der Waals surface area contributed by atoms with E-state index in [1.54, 1.807) is 0 Å². The van der Waals surface area contributed by atoms with Crippen LogP contribution in [-0.2, 0) is 13.0 Å². The van der Waals surface area contributed by atoms with Gasteiger partial charge < -0.3 is 10.7 Å². The average molecular weight is 271 g/mol. The zero-order valence-electron chi connectivity index (χ0n) is 12.2. The molecule has 5 nitrogen and oxygen atoms in total. The molecule has 1 aromatic carbocycles. The molecule has 0 aliphatic rings. The molecule has 0 radical (unpaired) electrons. The van der Waals surface area contributed by atoms with Crippen LogP contribution in [0.5, 0.6) is 0 Å². The van der Waals surface area contributed by atoms with Crippen LogP contribution in [-0.4, -0.2) is 9.97 Å². The van der Waals surface area contributed by atoms with E-state index in [1.165, 1.54) is 11.1 Å². The Kier molecular flexibility index (Phi) is 4.53. The highest BCUT2D eigenvalue weighted by Crippen LogP contribution is 2.19. The minimum absolute atomic E-state index is 0.654. The first kappa shape index (κ1) is 14.3. The predicted molar refractivity (Wildman–Crippen MR) is 82.5 cm³/mol. The van der Waals surface area contributed by atoms with Gasteiger partial charge in [-0.25, -0.2) is 15.8 Å². The summed E-state index contributed by atoms with van der Waals surface area (Å²) in [6.07, 6.45) is 1.06. The van der Waals surface area contributed by atoms with Crippen molar-refractivity contribution in [2.45, 2.75) is 33.7 Å². The lowest BCUT2D eigenvalue weighted by Gasteiger charge is -2.12. The van der Waals surface area contributed by atoms with Gasteiger partial charge in [-0.2, -0.15) is 0 Å². The Bertz CT molecular complexity index is 578. The maximum atomic E-state index is 5.46. The van der Waals surface area contributed by atoms with Crippen molar-refractivity contribution in [3.8, 4) is 0 Å². The molecule has 1 aromatic heterocycles. The molecule has 0 aliphatic carbocycles. The number of nitrogens with one attached hydrogen (secondary N) is 2. The van der Waals surface area contributed by atoms with Crippen LogP contribution in [0.1, 0.15) is 29.4 Å². The number of aryl methyl sites for hydroxylation is 2. The third-order valence-electron chi connectivity index (χ3n) is 3.29. The number of nitrogen functional groups attached to an aromatic ring is 1. The minimum atomic E-state index is 0.654. The molecule has 20 heavy (non-hydrogen) atoms. The SMILES string of the molecule is CCc1ccc(CNc2nc(C)nc(NN)c2C)cc1. The smallest absolute Gasteiger partial charge is 0.148 e. The highest BCUT2D eigenvalue weighted by molar-refractivity contribution is 5.56. The molecule has 5 heteroatoms. The number of anilines is 2. The Labute approximate surface area is 119 Å². The molecule has 0 saturated carbocycles. The molecular weight excluding hydrogens is 250 g/mol. The van der Waals surface area contributed by atoms with Gasteiger partial charge in [0.2, 0.25) is 0 Å². The molecule has 0 unspecified atom stereocenters. The fourth-order valence-corrected chi connectivity index (χ4v) is 2.02. The second-order valence-corrected chi connectivity index (χ2v) is 4.76. The van der Waals surface area contributed by atoms with Crippen molar-refractivity contribution < 1.29 is 0 Å².